The summed E-state index contributed by atoms with van der Waals surface area (Å²) >= 11 is 0. The zero-order valence-electron chi connectivity index (χ0n) is 10.9. The lowest BCUT2D eigenvalue weighted by Gasteiger charge is -2.16. The van der Waals surface area contributed by atoms with Crippen LogP contribution in [0.25, 0.3) is 10.9 Å². The molecule has 0 saturated carbocycles. The molecule has 2 aromatic rings. The van der Waals surface area contributed by atoms with Gasteiger partial charge in [0.15, 0.2) is 0 Å². The number of rotatable bonds is 5. The molecular weight excluding hydrogens is 226 g/mol. The second-order valence-electron chi connectivity index (χ2n) is 4.61. The number of nitrogens with zero attached hydrogens (tertiary/aromatic N) is 2. The number of benzene rings is 1. The molecule has 4 heteroatoms. The van der Waals surface area contributed by atoms with Crippen molar-refractivity contribution in [1.82, 2.24) is 15.1 Å². The van der Waals surface area contributed by atoms with E-state index in [1.807, 2.05) is 25.2 Å². The first kappa shape index (κ1) is 12.6. The second-order valence-corrected chi connectivity index (χ2v) is 4.61. The van der Waals surface area contributed by atoms with Crippen molar-refractivity contribution in [2.24, 2.45) is 0 Å². The average Bonchev–Trinajstić information content (AvgIpc) is 2.85. The van der Waals surface area contributed by atoms with Gasteiger partial charge in [-0.15, -0.1) is 0 Å². The van der Waals surface area contributed by atoms with E-state index in [4.69, 9.17) is 0 Å². The van der Waals surface area contributed by atoms with Gasteiger partial charge in [0, 0.05) is 24.5 Å². The highest BCUT2D eigenvalue weighted by Crippen LogP contribution is 2.14. The van der Waals surface area contributed by atoms with Gasteiger partial charge >= 0.3 is 0 Å². The molecule has 0 bridgehead atoms. The van der Waals surface area contributed by atoms with E-state index in [9.17, 15) is 4.79 Å². The van der Waals surface area contributed by atoms with E-state index >= 15 is 0 Å². The number of nitrogens with one attached hydrogen (secondary N) is 1. The number of carbonyl (C=O) groups excluding carboxylic acids is 1. The maximum atomic E-state index is 12.2. The summed E-state index contributed by atoms with van der Waals surface area (Å²) in [5.41, 5.74) is 1.62. The average molecular weight is 245 g/mol. The number of H-pyrrole nitrogens is 1. The zero-order valence-corrected chi connectivity index (χ0v) is 10.9. The van der Waals surface area contributed by atoms with Crippen molar-refractivity contribution in [2.45, 2.75) is 26.2 Å². The lowest BCUT2D eigenvalue weighted by atomic mass is 10.1. The third-order valence-electron chi connectivity index (χ3n) is 3.13. The van der Waals surface area contributed by atoms with Crippen LogP contribution in [0.2, 0.25) is 0 Å². The van der Waals surface area contributed by atoms with E-state index in [-0.39, 0.29) is 5.91 Å². The quantitative estimate of drug-likeness (QED) is 0.823. The summed E-state index contributed by atoms with van der Waals surface area (Å²) in [6.07, 6.45) is 5.15. The van der Waals surface area contributed by atoms with E-state index < -0.39 is 0 Å². The lowest BCUT2D eigenvalue weighted by Crippen LogP contribution is -2.27. The summed E-state index contributed by atoms with van der Waals surface area (Å²) in [6.45, 7) is 2.97. The normalized spacial score (nSPS) is 10.8. The van der Waals surface area contributed by atoms with Crippen molar-refractivity contribution in [1.29, 1.82) is 0 Å². The highest BCUT2D eigenvalue weighted by Gasteiger charge is 2.11. The maximum Gasteiger partial charge on any atom is 0.253 e. The zero-order chi connectivity index (χ0) is 13.0. The Morgan fingerprint density at radius 3 is 3.00 bits per heavy atom. The number of carbonyl (C=O) groups is 1. The third kappa shape index (κ3) is 2.70. The summed E-state index contributed by atoms with van der Waals surface area (Å²) in [7, 11) is 1.86. The topological polar surface area (TPSA) is 49.0 Å². The fourth-order valence-electron chi connectivity index (χ4n) is 1.99. The molecule has 18 heavy (non-hydrogen) atoms. The Labute approximate surface area is 107 Å². The fourth-order valence-corrected chi connectivity index (χ4v) is 1.99. The lowest BCUT2D eigenvalue weighted by molar-refractivity contribution is 0.0793. The molecule has 0 fully saturated rings. The monoisotopic (exact) mass is 245 g/mol. The third-order valence-corrected chi connectivity index (χ3v) is 3.13. The molecule has 0 radical (unpaired) electrons. The molecule has 1 heterocycles. The predicted molar refractivity (Wildman–Crippen MR) is 72.6 cm³/mol. The van der Waals surface area contributed by atoms with E-state index in [1.54, 1.807) is 11.1 Å². The van der Waals surface area contributed by atoms with Crippen molar-refractivity contribution in [3.05, 3.63) is 30.0 Å². The van der Waals surface area contributed by atoms with Crippen LogP contribution in [-0.4, -0.2) is 34.6 Å². The Balaban J connectivity index is 2.07. The molecule has 0 unspecified atom stereocenters. The molecular formula is C14H19N3O. The Kier molecular flexibility index (Phi) is 3.97. The predicted octanol–water partition coefficient (Wildman–Crippen LogP) is 2.83. The Morgan fingerprint density at radius 2 is 2.22 bits per heavy atom. The Bertz CT molecular complexity index is 533. The molecule has 0 aliphatic carbocycles. The van der Waals surface area contributed by atoms with Gasteiger partial charge in [0.2, 0.25) is 0 Å². The summed E-state index contributed by atoms with van der Waals surface area (Å²) in [4.78, 5) is 14.0. The number of aromatic nitrogens is 2. The fraction of sp³-hybridized carbons (Fsp3) is 0.429. The first-order valence-electron chi connectivity index (χ1n) is 6.41. The number of fused-ring (bicyclic) bond motifs is 1. The summed E-state index contributed by atoms with van der Waals surface area (Å²) in [6, 6.07) is 5.64. The van der Waals surface area contributed by atoms with Crippen molar-refractivity contribution in [2.75, 3.05) is 13.6 Å². The first-order chi connectivity index (χ1) is 8.72. The second kappa shape index (κ2) is 5.67. The van der Waals surface area contributed by atoms with E-state index in [1.165, 1.54) is 6.42 Å². The molecule has 0 atom stereocenters. The molecule has 0 saturated heterocycles. The number of hydrogen-bond acceptors (Lipinski definition) is 2. The van der Waals surface area contributed by atoms with E-state index in [0.29, 0.717) is 5.56 Å². The molecule has 1 aromatic carbocycles. The van der Waals surface area contributed by atoms with Crippen LogP contribution in [0, 0.1) is 0 Å². The number of hydrogen-bond donors (Lipinski definition) is 1. The minimum absolute atomic E-state index is 0.0719. The van der Waals surface area contributed by atoms with Gasteiger partial charge in [-0.25, -0.2) is 0 Å². The van der Waals surface area contributed by atoms with Crippen LogP contribution >= 0.6 is 0 Å². The summed E-state index contributed by atoms with van der Waals surface area (Å²) in [5, 5.41) is 7.87. The molecule has 2 rings (SSSR count). The smallest absolute Gasteiger partial charge is 0.253 e. The van der Waals surface area contributed by atoms with Crippen molar-refractivity contribution in [3.8, 4) is 0 Å². The van der Waals surface area contributed by atoms with Crippen LogP contribution in [0.5, 0.6) is 0 Å². The van der Waals surface area contributed by atoms with Gasteiger partial charge in [-0.2, -0.15) is 5.10 Å². The molecule has 0 aliphatic rings. The minimum atomic E-state index is 0.0719. The molecule has 0 spiro atoms. The number of amides is 1. The molecule has 4 nitrogen and oxygen atoms in total. The van der Waals surface area contributed by atoms with Crippen LogP contribution in [0.4, 0.5) is 0 Å². The van der Waals surface area contributed by atoms with Gasteiger partial charge in [0.1, 0.15) is 0 Å². The van der Waals surface area contributed by atoms with Crippen LogP contribution in [-0.2, 0) is 0 Å². The van der Waals surface area contributed by atoms with Crippen LogP contribution in [0.3, 0.4) is 0 Å². The van der Waals surface area contributed by atoms with Gasteiger partial charge in [0.25, 0.3) is 5.91 Å². The Hall–Kier alpha value is -1.84. The van der Waals surface area contributed by atoms with Crippen LogP contribution in [0.15, 0.2) is 24.4 Å². The van der Waals surface area contributed by atoms with Crippen molar-refractivity contribution in [3.63, 3.8) is 0 Å². The molecule has 1 aromatic heterocycles. The largest absolute Gasteiger partial charge is 0.342 e. The van der Waals surface area contributed by atoms with Gasteiger partial charge in [-0.1, -0.05) is 25.8 Å². The Morgan fingerprint density at radius 1 is 1.39 bits per heavy atom. The molecule has 96 valence electrons. The van der Waals surface area contributed by atoms with Gasteiger partial charge in [0.05, 0.1) is 11.7 Å². The maximum absolute atomic E-state index is 12.2. The van der Waals surface area contributed by atoms with Gasteiger partial charge in [-0.3, -0.25) is 9.89 Å². The summed E-state index contributed by atoms with van der Waals surface area (Å²) in [5.74, 6) is 0.0719. The minimum Gasteiger partial charge on any atom is -0.342 e. The van der Waals surface area contributed by atoms with Crippen molar-refractivity contribution < 1.29 is 4.79 Å². The van der Waals surface area contributed by atoms with E-state index in [0.717, 1.165) is 30.3 Å². The summed E-state index contributed by atoms with van der Waals surface area (Å²) < 4.78 is 0. The van der Waals surface area contributed by atoms with Crippen LogP contribution < -0.4 is 0 Å². The SMILES string of the molecule is CCCCCN(C)C(=O)c1ccc2cn[nH]c2c1. The number of unbranched alkanes of at least 4 members (excludes halogenated alkanes) is 2. The highest BCUT2D eigenvalue weighted by atomic mass is 16.2. The van der Waals surface area contributed by atoms with Crippen LogP contribution in [0.1, 0.15) is 36.5 Å². The van der Waals surface area contributed by atoms with Gasteiger partial charge < -0.3 is 4.90 Å². The van der Waals surface area contributed by atoms with Crippen molar-refractivity contribution >= 4 is 16.8 Å². The highest BCUT2D eigenvalue weighted by molar-refractivity contribution is 5.97. The standard InChI is InChI=1S/C14H19N3O/c1-3-4-5-8-17(2)14(18)11-6-7-12-10-15-16-13(12)9-11/h6-7,9-10H,3-5,8H2,1-2H3,(H,15,16). The van der Waals surface area contributed by atoms with E-state index in [2.05, 4.69) is 17.1 Å². The molecule has 1 amide bonds. The molecule has 1 N–H and O–H groups in total. The first-order valence-corrected chi connectivity index (χ1v) is 6.41. The molecule has 0 aliphatic heterocycles. The number of aromatic amines is 1. The van der Waals surface area contributed by atoms with Gasteiger partial charge in [-0.05, 0) is 18.6 Å².